The summed E-state index contributed by atoms with van der Waals surface area (Å²) in [7, 11) is 0. The number of para-hydroxylation sites is 1. The number of nitrogens with zero attached hydrogens (tertiary/aromatic N) is 2. The van der Waals surface area contributed by atoms with E-state index in [0.717, 1.165) is 44.7 Å². The molecular weight excluding hydrogens is 407 g/mol. The van der Waals surface area contributed by atoms with Crippen LogP contribution in [0.25, 0.3) is 0 Å². The zero-order valence-electron chi connectivity index (χ0n) is 18.2. The molecule has 0 spiro atoms. The van der Waals surface area contributed by atoms with Crippen LogP contribution in [0.4, 0.5) is 15.8 Å². The fourth-order valence-corrected chi connectivity index (χ4v) is 4.64. The first kappa shape index (κ1) is 21.8. The number of hydrogen-bond acceptors (Lipinski definition) is 5. The lowest BCUT2D eigenvalue weighted by Crippen LogP contribution is -2.48. The van der Waals surface area contributed by atoms with Gasteiger partial charge in [-0.25, -0.2) is 4.98 Å². The van der Waals surface area contributed by atoms with E-state index < -0.39 is 11.9 Å². The maximum absolute atomic E-state index is 13.3. The highest BCUT2D eigenvalue weighted by atomic mass is 19.1. The molecule has 1 fully saturated rings. The SMILES string of the molecule is CC1(N/C=C(\C(=N)Nc2ccnc(F)c2)C(N)=O)CCC(N2CCc3ccccc32)CC1. The second kappa shape index (κ2) is 8.98. The van der Waals surface area contributed by atoms with Crippen LogP contribution in [0, 0.1) is 11.4 Å². The number of pyridine rings is 1. The van der Waals surface area contributed by atoms with Gasteiger partial charge in [0.2, 0.25) is 5.95 Å². The molecule has 2 aliphatic rings. The summed E-state index contributed by atoms with van der Waals surface area (Å²) in [5, 5.41) is 14.3. The number of nitrogens with one attached hydrogen (secondary N) is 3. The van der Waals surface area contributed by atoms with Crippen LogP contribution in [0.3, 0.4) is 0 Å². The fourth-order valence-electron chi connectivity index (χ4n) is 4.64. The molecule has 1 aliphatic carbocycles. The average Bonchev–Trinajstić information content (AvgIpc) is 3.18. The van der Waals surface area contributed by atoms with Crippen molar-refractivity contribution in [2.45, 2.75) is 50.6 Å². The summed E-state index contributed by atoms with van der Waals surface area (Å²) in [5.74, 6) is -1.59. The summed E-state index contributed by atoms with van der Waals surface area (Å²) in [4.78, 5) is 18.0. The topological polar surface area (TPSA) is 107 Å². The highest BCUT2D eigenvalue weighted by molar-refractivity contribution is 6.23. The van der Waals surface area contributed by atoms with Gasteiger partial charge in [0.1, 0.15) is 5.84 Å². The third-order valence-corrected chi connectivity index (χ3v) is 6.52. The number of anilines is 2. The number of primary amides is 1. The van der Waals surface area contributed by atoms with Crippen molar-refractivity contribution in [2.75, 3.05) is 16.8 Å². The van der Waals surface area contributed by atoms with E-state index >= 15 is 0 Å². The maximum atomic E-state index is 13.3. The van der Waals surface area contributed by atoms with Crippen molar-refractivity contribution in [3.8, 4) is 0 Å². The average molecular weight is 437 g/mol. The highest BCUT2D eigenvalue weighted by Crippen LogP contribution is 2.37. The van der Waals surface area contributed by atoms with Crippen LogP contribution in [0.5, 0.6) is 0 Å². The molecule has 32 heavy (non-hydrogen) atoms. The number of rotatable bonds is 6. The Hall–Kier alpha value is -3.42. The van der Waals surface area contributed by atoms with Gasteiger partial charge < -0.3 is 21.3 Å². The van der Waals surface area contributed by atoms with Gasteiger partial charge in [0.25, 0.3) is 5.91 Å². The van der Waals surface area contributed by atoms with Gasteiger partial charge in [0.05, 0.1) is 5.57 Å². The molecule has 7 nitrogen and oxygen atoms in total. The van der Waals surface area contributed by atoms with E-state index in [9.17, 15) is 9.18 Å². The van der Waals surface area contributed by atoms with Crippen LogP contribution < -0.4 is 21.3 Å². The Kier molecular flexibility index (Phi) is 6.12. The largest absolute Gasteiger partial charge is 0.385 e. The monoisotopic (exact) mass is 436 g/mol. The summed E-state index contributed by atoms with van der Waals surface area (Å²) in [6.07, 6.45) is 7.87. The van der Waals surface area contributed by atoms with Crippen LogP contribution in [0.2, 0.25) is 0 Å². The van der Waals surface area contributed by atoms with E-state index in [1.807, 2.05) is 0 Å². The molecule has 1 saturated carbocycles. The number of fused-ring (bicyclic) bond motifs is 1. The van der Waals surface area contributed by atoms with Gasteiger partial charge >= 0.3 is 0 Å². The number of hydrogen-bond donors (Lipinski definition) is 4. The molecule has 0 saturated heterocycles. The first-order chi connectivity index (χ1) is 15.3. The molecule has 1 aromatic carbocycles. The normalized spacial score (nSPS) is 22.9. The minimum Gasteiger partial charge on any atom is -0.385 e. The third-order valence-electron chi connectivity index (χ3n) is 6.52. The molecule has 5 N–H and O–H groups in total. The van der Waals surface area contributed by atoms with E-state index in [-0.39, 0.29) is 16.9 Å². The second-order valence-corrected chi connectivity index (χ2v) is 8.80. The highest BCUT2D eigenvalue weighted by Gasteiger charge is 2.35. The van der Waals surface area contributed by atoms with Crippen LogP contribution >= 0.6 is 0 Å². The minimum absolute atomic E-state index is 0.0130. The predicted molar refractivity (Wildman–Crippen MR) is 124 cm³/mol. The van der Waals surface area contributed by atoms with Gasteiger partial charge in [-0.05, 0) is 56.7 Å². The van der Waals surface area contributed by atoms with Gasteiger partial charge in [0.15, 0.2) is 0 Å². The number of benzene rings is 1. The number of halogens is 1. The first-order valence-electron chi connectivity index (χ1n) is 10.9. The number of carbonyl (C=O) groups excluding carboxylic acids is 1. The Morgan fingerprint density at radius 3 is 2.78 bits per heavy atom. The van der Waals surface area contributed by atoms with Crippen molar-refractivity contribution in [3.63, 3.8) is 0 Å². The van der Waals surface area contributed by atoms with E-state index in [4.69, 9.17) is 11.1 Å². The second-order valence-electron chi connectivity index (χ2n) is 8.80. The minimum atomic E-state index is -0.726. The molecule has 1 aromatic heterocycles. The maximum Gasteiger partial charge on any atom is 0.253 e. The van der Waals surface area contributed by atoms with Gasteiger partial charge in [0, 0.05) is 48.0 Å². The fraction of sp³-hybridized carbons (Fsp3) is 0.375. The molecule has 0 unspecified atom stereocenters. The zero-order valence-corrected chi connectivity index (χ0v) is 18.2. The molecule has 1 aliphatic heterocycles. The van der Waals surface area contributed by atoms with E-state index in [2.05, 4.69) is 51.7 Å². The summed E-state index contributed by atoms with van der Waals surface area (Å²) in [6.45, 7) is 3.20. The molecule has 4 rings (SSSR count). The van der Waals surface area contributed by atoms with Gasteiger partial charge in [-0.3, -0.25) is 10.2 Å². The molecule has 0 radical (unpaired) electrons. The third kappa shape index (κ3) is 4.74. The zero-order chi connectivity index (χ0) is 22.7. The molecule has 2 heterocycles. The molecule has 1 amide bonds. The van der Waals surface area contributed by atoms with Crippen molar-refractivity contribution < 1.29 is 9.18 Å². The van der Waals surface area contributed by atoms with Gasteiger partial charge in [-0.15, -0.1) is 0 Å². The van der Waals surface area contributed by atoms with Crippen LogP contribution in [0.1, 0.15) is 38.2 Å². The summed E-state index contributed by atoms with van der Waals surface area (Å²) >= 11 is 0. The lowest BCUT2D eigenvalue weighted by atomic mass is 9.80. The quantitative estimate of drug-likeness (QED) is 0.240. The van der Waals surface area contributed by atoms with Crippen molar-refractivity contribution in [3.05, 3.63) is 65.9 Å². The standard InChI is InChI=1S/C24H29FN6O/c1-24(10-6-18(7-11-24)31-13-9-16-4-2-3-5-20(16)31)29-15-19(23(27)32)22(26)30-17-8-12-28-21(25)14-17/h2-5,8,12,14-15,18,29H,6-7,9-11,13H2,1H3,(H2,27,32)(H2,26,28,30)/b19-15+. The Bertz CT molecular complexity index is 1040. The summed E-state index contributed by atoms with van der Waals surface area (Å²) in [6, 6.07) is 11.8. The summed E-state index contributed by atoms with van der Waals surface area (Å²) in [5.41, 5.74) is 8.44. The lowest BCUT2D eigenvalue weighted by Gasteiger charge is -2.42. The first-order valence-corrected chi connectivity index (χ1v) is 10.9. The Morgan fingerprint density at radius 1 is 1.31 bits per heavy atom. The molecule has 0 atom stereocenters. The summed E-state index contributed by atoms with van der Waals surface area (Å²) < 4.78 is 13.3. The predicted octanol–water partition coefficient (Wildman–Crippen LogP) is 3.33. The Morgan fingerprint density at radius 2 is 2.06 bits per heavy atom. The van der Waals surface area contributed by atoms with E-state index in [0.29, 0.717) is 11.7 Å². The van der Waals surface area contributed by atoms with E-state index in [1.165, 1.54) is 29.7 Å². The van der Waals surface area contributed by atoms with Gasteiger partial charge in [-0.2, -0.15) is 4.39 Å². The Balaban J connectivity index is 1.38. The smallest absolute Gasteiger partial charge is 0.253 e. The molecule has 168 valence electrons. The molecule has 0 bridgehead atoms. The molecular formula is C24H29FN6O. The van der Waals surface area contributed by atoms with Crippen molar-refractivity contribution in [1.82, 2.24) is 10.3 Å². The molecule has 8 heteroatoms. The number of amides is 1. The van der Waals surface area contributed by atoms with Crippen molar-refractivity contribution >= 4 is 23.1 Å². The van der Waals surface area contributed by atoms with Crippen molar-refractivity contribution in [2.24, 2.45) is 5.73 Å². The van der Waals surface area contributed by atoms with Crippen molar-refractivity contribution in [1.29, 1.82) is 5.41 Å². The Labute approximate surface area is 187 Å². The van der Waals surface area contributed by atoms with Crippen LogP contribution in [0.15, 0.2) is 54.4 Å². The number of nitrogens with two attached hydrogens (primary N) is 1. The lowest BCUT2D eigenvalue weighted by molar-refractivity contribution is -0.114. The van der Waals surface area contributed by atoms with Crippen LogP contribution in [-0.2, 0) is 11.2 Å². The van der Waals surface area contributed by atoms with E-state index in [1.54, 1.807) is 0 Å². The number of aromatic nitrogens is 1. The van der Waals surface area contributed by atoms with Crippen LogP contribution in [-0.4, -0.2) is 34.9 Å². The number of carbonyl (C=O) groups is 1. The van der Waals surface area contributed by atoms with Gasteiger partial charge in [-0.1, -0.05) is 18.2 Å². The molecule has 2 aromatic rings. The number of amidine groups is 1.